The van der Waals surface area contributed by atoms with Crippen LogP contribution in [0.3, 0.4) is 0 Å². The van der Waals surface area contributed by atoms with Gasteiger partial charge in [-0.15, -0.1) is 0 Å². The first kappa shape index (κ1) is 21.3. The van der Waals surface area contributed by atoms with Crippen molar-refractivity contribution >= 4 is 5.78 Å². The lowest BCUT2D eigenvalue weighted by atomic mass is 9.92. The average Bonchev–Trinajstić information content (AvgIpc) is 2.80. The van der Waals surface area contributed by atoms with Crippen molar-refractivity contribution in [3.63, 3.8) is 0 Å². The molecule has 1 aliphatic rings. The van der Waals surface area contributed by atoms with Gasteiger partial charge in [0.25, 0.3) is 0 Å². The van der Waals surface area contributed by atoms with Crippen molar-refractivity contribution in [1.29, 1.82) is 0 Å². The standard InChI is InChI=1S/C24H22O8/c1-29-18-8-14(9-19(30-2)24(18)31-3)12-4-6-13(7-5-12)23-22(28)21(27)20-16(26)10-15(25)11-17(20)32-23/h4-11,22-23,25-26,28H,1-3H3. The van der Waals surface area contributed by atoms with E-state index in [1.165, 1.54) is 27.4 Å². The molecular weight excluding hydrogens is 416 g/mol. The molecular formula is C24H22O8. The number of phenolic OH excluding ortho intramolecular Hbond substituents is 2. The van der Waals surface area contributed by atoms with Crippen molar-refractivity contribution < 1.29 is 39.1 Å². The Bertz CT molecular complexity index is 1140. The van der Waals surface area contributed by atoms with E-state index in [4.69, 9.17) is 18.9 Å². The fraction of sp³-hybridized carbons (Fsp3) is 0.208. The number of phenols is 2. The van der Waals surface area contributed by atoms with E-state index in [9.17, 15) is 20.1 Å². The summed E-state index contributed by atoms with van der Waals surface area (Å²) in [5.41, 5.74) is 2.05. The summed E-state index contributed by atoms with van der Waals surface area (Å²) in [4.78, 5) is 12.6. The molecule has 3 N–H and O–H groups in total. The lowest BCUT2D eigenvalue weighted by molar-refractivity contribution is 0.0211. The Labute approximate surface area is 184 Å². The van der Waals surface area contributed by atoms with Gasteiger partial charge >= 0.3 is 0 Å². The van der Waals surface area contributed by atoms with Gasteiger partial charge in [0.1, 0.15) is 22.8 Å². The highest BCUT2D eigenvalue weighted by molar-refractivity contribution is 6.05. The third-order valence-electron chi connectivity index (χ3n) is 5.36. The average molecular weight is 438 g/mol. The van der Waals surface area contributed by atoms with E-state index >= 15 is 0 Å². The number of fused-ring (bicyclic) bond motifs is 1. The summed E-state index contributed by atoms with van der Waals surface area (Å²) in [7, 11) is 4.61. The minimum Gasteiger partial charge on any atom is -0.508 e. The minimum atomic E-state index is -1.51. The zero-order valence-corrected chi connectivity index (χ0v) is 17.7. The molecule has 8 heteroatoms. The predicted molar refractivity (Wildman–Crippen MR) is 115 cm³/mol. The number of aromatic hydroxyl groups is 2. The van der Waals surface area contributed by atoms with Crippen molar-refractivity contribution in [2.75, 3.05) is 21.3 Å². The van der Waals surface area contributed by atoms with Crippen LogP contribution in [0.2, 0.25) is 0 Å². The molecule has 0 aromatic heterocycles. The molecule has 4 rings (SSSR count). The van der Waals surface area contributed by atoms with E-state index in [2.05, 4.69) is 0 Å². The number of benzene rings is 3. The lowest BCUT2D eigenvalue weighted by Gasteiger charge is -2.30. The molecule has 0 fully saturated rings. The van der Waals surface area contributed by atoms with Crippen molar-refractivity contribution in [1.82, 2.24) is 0 Å². The lowest BCUT2D eigenvalue weighted by Crippen LogP contribution is -2.36. The normalized spacial score (nSPS) is 17.3. The molecule has 0 radical (unpaired) electrons. The Hall–Kier alpha value is -3.91. The van der Waals surface area contributed by atoms with Crippen LogP contribution in [0.1, 0.15) is 22.0 Å². The molecule has 8 nitrogen and oxygen atoms in total. The second-order valence-electron chi connectivity index (χ2n) is 7.22. The minimum absolute atomic E-state index is 0.0107. The second-order valence-corrected chi connectivity index (χ2v) is 7.22. The van der Waals surface area contributed by atoms with E-state index in [-0.39, 0.29) is 17.1 Å². The Morgan fingerprint density at radius 3 is 2.03 bits per heavy atom. The largest absolute Gasteiger partial charge is 0.508 e. The fourth-order valence-electron chi connectivity index (χ4n) is 3.78. The number of carbonyl (C=O) groups excluding carboxylic acids is 1. The number of Topliss-reactive ketones (excluding diaryl/α,β-unsaturated/α-hetero) is 1. The van der Waals surface area contributed by atoms with Crippen molar-refractivity contribution in [2.24, 2.45) is 0 Å². The molecule has 166 valence electrons. The van der Waals surface area contributed by atoms with Gasteiger partial charge in [0.05, 0.1) is 21.3 Å². The highest BCUT2D eigenvalue weighted by Gasteiger charge is 2.39. The summed E-state index contributed by atoms with van der Waals surface area (Å²) >= 11 is 0. The number of hydrogen-bond donors (Lipinski definition) is 3. The Morgan fingerprint density at radius 2 is 1.47 bits per heavy atom. The summed E-state index contributed by atoms with van der Waals surface area (Å²) in [6, 6.07) is 13.0. The van der Waals surface area contributed by atoms with Crippen LogP contribution in [-0.4, -0.2) is 48.5 Å². The molecule has 1 aliphatic heterocycles. The van der Waals surface area contributed by atoms with Crippen molar-refractivity contribution in [2.45, 2.75) is 12.2 Å². The molecule has 3 aromatic rings. The summed E-state index contributed by atoms with van der Waals surface area (Å²) in [6.07, 6.45) is -2.50. The summed E-state index contributed by atoms with van der Waals surface area (Å²) in [5.74, 6) is 0.150. The van der Waals surface area contributed by atoms with Crippen LogP contribution < -0.4 is 18.9 Å². The first-order valence-corrected chi connectivity index (χ1v) is 9.73. The topological polar surface area (TPSA) is 115 Å². The SMILES string of the molecule is COc1cc(-c2ccc(C3Oc4cc(O)cc(O)c4C(=O)C3O)cc2)cc(OC)c1OC. The van der Waals surface area contributed by atoms with Gasteiger partial charge in [-0.25, -0.2) is 0 Å². The maximum Gasteiger partial charge on any atom is 0.203 e. The van der Waals surface area contributed by atoms with Crippen molar-refractivity contribution in [3.8, 4) is 45.6 Å². The number of ether oxygens (including phenoxy) is 4. The number of rotatable bonds is 5. The van der Waals surface area contributed by atoms with E-state index < -0.39 is 23.7 Å². The van der Waals surface area contributed by atoms with E-state index in [1.54, 1.807) is 12.1 Å². The quantitative estimate of drug-likeness (QED) is 0.555. The van der Waals surface area contributed by atoms with Crippen LogP contribution in [0.5, 0.6) is 34.5 Å². The van der Waals surface area contributed by atoms with Crippen LogP contribution in [-0.2, 0) is 0 Å². The van der Waals surface area contributed by atoms with Crippen molar-refractivity contribution in [3.05, 3.63) is 59.7 Å². The Morgan fingerprint density at radius 1 is 0.844 bits per heavy atom. The van der Waals surface area contributed by atoms with E-state index in [1.807, 2.05) is 24.3 Å². The molecule has 0 saturated carbocycles. The third-order valence-corrected chi connectivity index (χ3v) is 5.36. The van der Waals surface area contributed by atoms with Gasteiger partial charge in [-0.1, -0.05) is 24.3 Å². The fourth-order valence-corrected chi connectivity index (χ4v) is 3.78. The first-order chi connectivity index (χ1) is 15.4. The molecule has 3 aromatic carbocycles. The molecule has 32 heavy (non-hydrogen) atoms. The Kier molecular flexibility index (Phi) is 5.54. The number of aliphatic hydroxyl groups is 1. The van der Waals surface area contributed by atoms with Crippen LogP contribution in [0.4, 0.5) is 0 Å². The maximum absolute atomic E-state index is 12.6. The molecule has 2 atom stereocenters. The van der Waals surface area contributed by atoms with E-state index in [0.717, 1.165) is 17.2 Å². The molecule has 0 spiro atoms. The molecule has 0 amide bonds. The van der Waals surface area contributed by atoms with Crippen LogP contribution in [0.25, 0.3) is 11.1 Å². The summed E-state index contributed by atoms with van der Waals surface area (Å²) < 4.78 is 21.9. The van der Waals surface area contributed by atoms with Crippen LogP contribution in [0.15, 0.2) is 48.5 Å². The number of ketones is 1. The van der Waals surface area contributed by atoms with Gasteiger partial charge in [0, 0.05) is 12.1 Å². The van der Waals surface area contributed by atoms with Gasteiger partial charge in [-0.05, 0) is 28.8 Å². The summed E-state index contributed by atoms with van der Waals surface area (Å²) in [6.45, 7) is 0. The molecule has 0 saturated heterocycles. The second kappa shape index (κ2) is 8.32. The number of methoxy groups -OCH3 is 3. The maximum atomic E-state index is 12.6. The van der Waals surface area contributed by atoms with Gasteiger partial charge < -0.3 is 34.3 Å². The molecule has 1 heterocycles. The molecule has 2 unspecified atom stereocenters. The molecule has 0 bridgehead atoms. The predicted octanol–water partition coefficient (Wildman–Crippen LogP) is 3.47. The van der Waals surface area contributed by atoms with Gasteiger partial charge in [0.15, 0.2) is 23.7 Å². The highest BCUT2D eigenvalue weighted by Crippen LogP contribution is 2.43. The van der Waals surface area contributed by atoms with E-state index in [0.29, 0.717) is 22.8 Å². The van der Waals surface area contributed by atoms with Gasteiger partial charge in [-0.2, -0.15) is 0 Å². The zero-order chi connectivity index (χ0) is 23.0. The molecule has 0 aliphatic carbocycles. The van der Waals surface area contributed by atoms with Crippen LogP contribution in [0, 0.1) is 0 Å². The number of aliphatic hydroxyl groups excluding tert-OH is 1. The number of carbonyl (C=O) groups is 1. The highest BCUT2D eigenvalue weighted by atomic mass is 16.5. The van der Waals surface area contributed by atoms with Crippen LogP contribution >= 0.6 is 0 Å². The monoisotopic (exact) mass is 438 g/mol. The van der Waals surface area contributed by atoms with Gasteiger partial charge in [-0.3, -0.25) is 4.79 Å². The van der Waals surface area contributed by atoms with Gasteiger partial charge in [0.2, 0.25) is 11.5 Å². The smallest absolute Gasteiger partial charge is 0.203 e. The zero-order valence-electron chi connectivity index (χ0n) is 17.7. The third kappa shape index (κ3) is 3.54. The Balaban J connectivity index is 1.68. The first-order valence-electron chi connectivity index (χ1n) is 9.73. The number of hydrogen-bond acceptors (Lipinski definition) is 8. The summed E-state index contributed by atoms with van der Waals surface area (Å²) in [5, 5.41) is 30.2.